The molecule has 1 unspecified atom stereocenters. The number of guanidine groups is 1. The number of carbonyl (C=O) groups excluding carboxylic acids is 2. The fourth-order valence-electron chi connectivity index (χ4n) is 4.13. The van der Waals surface area contributed by atoms with E-state index >= 15 is 0 Å². The SMILES string of the molecule is NC(N)=Nc1ccc(C(=O)Oc2ccc(CCC(=O)N[C@@H](CC(=O)O)C(=O)O)c(C3=NOC(CC(=O)O)(C(=O)O)C3)c2)cc1.O=C(O)C(F)(F)F. The Kier molecular flexibility index (Phi) is 13.5. The summed E-state index contributed by atoms with van der Waals surface area (Å²) in [6.45, 7) is 0. The van der Waals surface area contributed by atoms with E-state index in [2.05, 4.69) is 15.5 Å². The van der Waals surface area contributed by atoms with E-state index in [1.54, 1.807) is 0 Å². The third-order valence-electron chi connectivity index (χ3n) is 6.45. The maximum atomic E-state index is 12.8. The van der Waals surface area contributed by atoms with Crippen LogP contribution in [-0.4, -0.2) is 96.7 Å². The number of halogens is 3. The summed E-state index contributed by atoms with van der Waals surface area (Å²) in [7, 11) is 0. The lowest BCUT2D eigenvalue weighted by Crippen LogP contribution is -2.42. The molecule has 2 aromatic rings. The highest BCUT2D eigenvalue weighted by molar-refractivity contribution is 6.07. The van der Waals surface area contributed by atoms with E-state index in [4.69, 9.17) is 36.0 Å². The van der Waals surface area contributed by atoms with Crippen molar-refractivity contribution < 1.29 is 81.8 Å². The molecule has 2 aromatic carbocycles. The second-order valence-electron chi connectivity index (χ2n) is 10.3. The van der Waals surface area contributed by atoms with Crippen LogP contribution in [0.5, 0.6) is 5.75 Å². The molecule has 1 heterocycles. The number of rotatable bonds is 14. The fraction of sp³-hybridized carbons (Fsp3) is 0.276. The molecule has 0 fully saturated rings. The van der Waals surface area contributed by atoms with Gasteiger partial charge in [0.1, 0.15) is 11.8 Å². The van der Waals surface area contributed by atoms with Crippen LogP contribution in [0.3, 0.4) is 0 Å². The van der Waals surface area contributed by atoms with Crippen molar-refractivity contribution in [3.8, 4) is 5.75 Å². The van der Waals surface area contributed by atoms with Gasteiger partial charge in [0.25, 0.3) is 0 Å². The summed E-state index contributed by atoms with van der Waals surface area (Å²) >= 11 is 0. The van der Waals surface area contributed by atoms with Crippen molar-refractivity contribution >= 4 is 59.1 Å². The third kappa shape index (κ3) is 12.3. The van der Waals surface area contributed by atoms with Crippen LogP contribution < -0.4 is 21.5 Å². The zero-order chi connectivity index (χ0) is 38.7. The van der Waals surface area contributed by atoms with Gasteiger partial charge in [-0.15, -0.1) is 0 Å². The first-order valence-corrected chi connectivity index (χ1v) is 13.9. The number of hydrogen-bond acceptors (Lipinski definition) is 11. The summed E-state index contributed by atoms with van der Waals surface area (Å²) in [6.07, 6.45) is -7.75. The van der Waals surface area contributed by atoms with Crippen LogP contribution in [0.25, 0.3) is 0 Å². The number of carboxylic acids is 5. The highest BCUT2D eigenvalue weighted by Crippen LogP contribution is 2.33. The molecule has 0 aromatic heterocycles. The lowest BCUT2D eigenvalue weighted by Gasteiger charge is -2.19. The zero-order valence-electron chi connectivity index (χ0n) is 25.7. The van der Waals surface area contributed by atoms with E-state index in [1.165, 1.54) is 42.5 Å². The zero-order valence-corrected chi connectivity index (χ0v) is 25.7. The Bertz CT molecular complexity index is 1760. The molecule has 1 aliphatic rings. The second-order valence-corrected chi connectivity index (χ2v) is 10.3. The van der Waals surface area contributed by atoms with E-state index in [-0.39, 0.29) is 41.4 Å². The van der Waals surface area contributed by atoms with Crippen molar-refractivity contribution in [3.05, 3.63) is 59.2 Å². The average Bonchev–Trinajstić information content (AvgIpc) is 3.44. The summed E-state index contributed by atoms with van der Waals surface area (Å²) < 4.78 is 37.2. The molecule has 22 heteroatoms. The minimum Gasteiger partial charge on any atom is -0.481 e. The molecule has 0 radical (unpaired) electrons. The van der Waals surface area contributed by atoms with Crippen LogP contribution in [0.2, 0.25) is 0 Å². The average molecular weight is 728 g/mol. The van der Waals surface area contributed by atoms with Crippen LogP contribution >= 0.6 is 0 Å². The molecule has 0 spiro atoms. The van der Waals surface area contributed by atoms with E-state index in [0.717, 1.165) is 0 Å². The van der Waals surface area contributed by atoms with Crippen LogP contribution in [0.1, 0.15) is 47.2 Å². The predicted octanol–water partition coefficient (Wildman–Crippen LogP) is 0.843. The summed E-state index contributed by atoms with van der Waals surface area (Å²) in [4.78, 5) is 88.5. The summed E-state index contributed by atoms with van der Waals surface area (Å²) in [5, 5.41) is 50.0. The van der Waals surface area contributed by atoms with Crippen LogP contribution in [0, 0.1) is 0 Å². The lowest BCUT2D eigenvalue weighted by atomic mass is 9.88. The number of carboxylic acid groups (broad SMARTS) is 5. The molecule has 0 bridgehead atoms. The summed E-state index contributed by atoms with van der Waals surface area (Å²) in [6, 6.07) is 8.24. The maximum absolute atomic E-state index is 12.8. The third-order valence-corrected chi connectivity index (χ3v) is 6.45. The van der Waals surface area contributed by atoms with Crippen molar-refractivity contribution in [2.24, 2.45) is 21.6 Å². The van der Waals surface area contributed by atoms with Gasteiger partial charge in [0.05, 0.1) is 29.8 Å². The number of aliphatic carboxylic acids is 5. The van der Waals surface area contributed by atoms with E-state index in [1.807, 2.05) is 0 Å². The van der Waals surface area contributed by atoms with E-state index < -0.39 is 78.8 Å². The fourth-order valence-corrected chi connectivity index (χ4v) is 4.13. The number of alkyl halides is 3. The Morgan fingerprint density at radius 2 is 1.57 bits per heavy atom. The van der Waals surface area contributed by atoms with Crippen molar-refractivity contribution in [1.82, 2.24) is 5.32 Å². The molecule has 0 saturated carbocycles. The largest absolute Gasteiger partial charge is 0.490 e. The monoisotopic (exact) mass is 727 g/mol. The van der Waals surface area contributed by atoms with E-state index in [9.17, 15) is 57.3 Å². The number of oxime groups is 1. The Morgan fingerprint density at radius 1 is 0.961 bits per heavy atom. The molecule has 0 saturated heterocycles. The number of amides is 1. The summed E-state index contributed by atoms with van der Waals surface area (Å²) in [5.74, 6) is -10.5. The van der Waals surface area contributed by atoms with Gasteiger partial charge < -0.3 is 51.9 Å². The number of aryl methyl sites for hydroxylation is 1. The van der Waals surface area contributed by atoms with Gasteiger partial charge in [-0.3, -0.25) is 14.4 Å². The van der Waals surface area contributed by atoms with Gasteiger partial charge in [-0.2, -0.15) is 13.2 Å². The normalized spacial score (nSPS) is 15.4. The highest BCUT2D eigenvalue weighted by atomic mass is 19.4. The molecular weight excluding hydrogens is 699 g/mol. The Morgan fingerprint density at radius 3 is 2.06 bits per heavy atom. The van der Waals surface area contributed by atoms with Gasteiger partial charge in [0, 0.05) is 18.4 Å². The molecular formula is C29H28F3N5O14. The summed E-state index contributed by atoms with van der Waals surface area (Å²) in [5.41, 5.74) is 9.47. The quantitative estimate of drug-likeness (QED) is 0.0578. The number of hydrogen-bond donors (Lipinski definition) is 8. The van der Waals surface area contributed by atoms with Gasteiger partial charge in [0.2, 0.25) is 11.5 Å². The molecule has 1 aliphatic heterocycles. The molecule has 1 amide bonds. The number of esters is 1. The van der Waals surface area contributed by atoms with Crippen molar-refractivity contribution in [2.45, 2.75) is 49.9 Å². The van der Waals surface area contributed by atoms with Gasteiger partial charge >= 0.3 is 42.0 Å². The van der Waals surface area contributed by atoms with Gasteiger partial charge in [-0.25, -0.2) is 24.2 Å². The van der Waals surface area contributed by atoms with Crippen molar-refractivity contribution in [2.75, 3.05) is 0 Å². The number of ether oxygens (including phenoxy) is 1. The second kappa shape index (κ2) is 17.1. The minimum atomic E-state index is -5.08. The first kappa shape index (κ1) is 40.4. The highest BCUT2D eigenvalue weighted by Gasteiger charge is 2.49. The smallest absolute Gasteiger partial charge is 0.481 e. The van der Waals surface area contributed by atoms with Crippen LogP contribution in [-0.2, 0) is 40.0 Å². The molecule has 0 aliphatic carbocycles. The number of aliphatic imine (C=N–C) groups is 1. The first-order valence-electron chi connectivity index (χ1n) is 13.9. The standard InChI is InChI=1S/C27H27N5O12.C2HF3O2/c28-26(29)30-15-5-1-14(2-6-15)24(40)43-16-7-3-13(4-8-20(33)31-18(23(38)39)10-21(34)35)17(9-16)19-11-27(25(41)42,44-32-19)12-22(36)37;3-2(4,5)1(6)7/h1-3,5-7,9,18H,4,8,10-12H2,(H,31,33)(H,34,35)(H,36,37)(H,38,39)(H,41,42)(H4,28,29,30);(H,6,7)/t18-,27?;/m0./s1. The van der Waals surface area contributed by atoms with Gasteiger partial charge in [-0.05, 0) is 48.4 Å². The van der Waals surface area contributed by atoms with Crippen molar-refractivity contribution in [3.63, 3.8) is 0 Å². The van der Waals surface area contributed by atoms with Crippen molar-refractivity contribution in [1.29, 1.82) is 0 Å². The number of nitrogens with two attached hydrogens (primary N) is 2. The molecule has 2 atom stereocenters. The molecule has 19 nitrogen and oxygen atoms in total. The predicted molar refractivity (Wildman–Crippen MR) is 162 cm³/mol. The Labute approximate surface area is 282 Å². The number of carbonyl (C=O) groups is 7. The van der Waals surface area contributed by atoms with Crippen LogP contribution in [0.4, 0.5) is 18.9 Å². The van der Waals surface area contributed by atoms with Gasteiger partial charge in [-0.1, -0.05) is 11.2 Å². The Balaban J connectivity index is 0.00000116. The lowest BCUT2D eigenvalue weighted by molar-refractivity contribution is -0.192. The first-order chi connectivity index (χ1) is 23.6. The number of nitrogens with one attached hydrogen (secondary N) is 1. The van der Waals surface area contributed by atoms with Crippen LogP contribution in [0.15, 0.2) is 52.6 Å². The Hall–Kier alpha value is -6.74. The molecule has 274 valence electrons. The number of nitrogens with zero attached hydrogens (tertiary/aromatic N) is 2. The van der Waals surface area contributed by atoms with Gasteiger partial charge in [0.15, 0.2) is 5.96 Å². The minimum absolute atomic E-state index is 0.0159. The molecule has 3 rings (SSSR count). The van der Waals surface area contributed by atoms with E-state index in [0.29, 0.717) is 11.3 Å². The number of benzene rings is 2. The maximum Gasteiger partial charge on any atom is 0.490 e. The molecule has 51 heavy (non-hydrogen) atoms. The topological polar surface area (TPSA) is 328 Å². The molecule has 10 N–H and O–H groups in total.